The number of esters is 1. The number of likely N-dealkylation sites (N-methyl/N-ethyl adjacent to an activating group) is 1. The van der Waals surface area contributed by atoms with Gasteiger partial charge < -0.3 is 14.8 Å². The number of amides is 1. The smallest absolute Gasteiger partial charge is 0.305 e. The molecule has 0 aliphatic carbocycles. The van der Waals surface area contributed by atoms with Crippen LogP contribution < -0.4 is 5.32 Å². The van der Waals surface area contributed by atoms with E-state index in [0.29, 0.717) is 13.2 Å². The van der Waals surface area contributed by atoms with Crippen LogP contribution in [0.5, 0.6) is 0 Å². The van der Waals surface area contributed by atoms with Gasteiger partial charge in [-0.3, -0.25) is 9.59 Å². The fraction of sp³-hybridized carbons (Fsp3) is 0.818. The lowest BCUT2D eigenvalue weighted by atomic mass is 10.3. The summed E-state index contributed by atoms with van der Waals surface area (Å²) in [6.07, 6.45) is 0.189. The summed E-state index contributed by atoms with van der Waals surface area (Å²) in [4.78, 5) is 22.3. The summed E-state index contributed by atoms with van der Waals surface area (Å²) in [5, 5.41) is 2.53. The summed E-state index contributed by atoms with van der Waals surface area (Å²) >= 11 is 0. The van der Waals surface area contributed by atoms with Crippen LogP contribution >= 0.6 is 0 Å². The SMILES string of the molecule is COCCNC(=O)CN(C)S(=O)(=O)CCCC(=O)OC. The topological polar surface area (TPSA) is 102 Å². The van der Waals surface area contributed by atoms with Crippen molar-refractivity contribution in [1.29, 1.82) is 0 Å². The predicted octanol–water partition coefficient (Wildman–Crippen LogP) is -1.04. The Morgan fingerprint density at radius 2 is 1.90 bits per heavy atom. The van der Waals surface area contributed by atoms with Gasteiger partial charge in [0.1, 0.15) is 0 Å². The summed E-state index contributed by atoms with van der Waals surface area (Å²) < 4.78 is 33.8. The lowest BCUT2D eigenvalue weighted by Crippen LogP contribution is -2.40. The molecule has 0 fully saturated rings. The lowest BCUT2D eigenvalue weighted by molar-refractivity contribution is -0.140. The van der Waals surface area contributed by atoms with Crippen molar-refractivity contribution in [2.24, 2.45) is 0 Å². The second-order valence-corrected chi connectivity index (χ2v) is 6.29. The molecule has 0 aromatic heterocycles. The van der Waals surface area contributed by atoms with Gasteiger partial charge in [0.15, 0.2) is 0 Å². The van der Waals surface area contributed by atoms with E-state index < -0.39 is 21.9 Å². The minimum absolute atomic E-state index is 0.0314. The van der Waals surface area contributed by atoms with Gasteiger partial charge in [-0.15, -0.1) is 0 Å². The minimum atomic E-state index is -3.56. The zero-order valence-electron chi connectivity index (χ0n) is 12.0. The maximum Gasteiger partial charge on any atom is 0.305 e. The number of ether oxygens (including phenoxy) is 2. The predicted molar refractivity (Wildman–Crippen MR) is 72.6 cm³/mol. The molecule has 8 nitrogen and oxygen atoms in total. The van der Waals surface area contributed by atoms with E-state index in [1.165, 1.54) is 21.3 Å². The summed E-state index contributed by atoms with van der Waals surface area (Å²) in [6.45, 7) is 0.428. The molecule has 9 heteroatoms. The molecule has 0 saturated heterocycles. The molecular weight excluding hydrogens is 288 g/mol. The molecule has 0 unspecified atom stereocenters. The Kier molecular flexibility index (Phi) is 9.10. The van der Waals surface area contributed by atoms with Crippen molar-refractivity contribution in [2.45, 2.75) is 12.8 Å². The van der Waals surface area contributed by atoms with E-state index in [9.17, 15) is 18.0 Å². The minimum Gasteiger partial charge on any atom is -0.469 e. The number of hydrogen-bond donors (Lipinski definition) is 1. The van der Waals surface area contributed by atoms with Crippen molar-refractivity contribution in [3.63, 3.8) is 0 Å². The van der Waals surface area contributed by atoms with Gasteiger partial charge in [0, 0.05) is 27.1 Å². The van der Waals surface area contributed by atoms with Gasteiger partial charge in [-0.25, -0.2) is 8.42 Å². The maximum atomic E-state index is 11.8. The third-order valence-electron chi connectivity index (χ3n) is 2.48. The summed E-state index contributed by atoms with van der Waals surface area (Å²) in [6, 6.07) is 0. The van der Waals surface area contributed by atoms with E-state index in [1.807, 2.05) is 0 Å². The van der Waals surface area contributed by atoms with Crippen LogP contribution in [0.15, 0.2) is 0 Å². The molecule has 0 aromatic carbocycles. The quantitative estimate of drug-likeness (QED) is 0.409. The number of sulfonamides is 1. The Balaban J connectivity index is 4.13. The number of carbonyl (C=O) groups is 2. The van der Waals surface area contributed by atoms with Crippen molar-refractivity contribution >= 4 is 21.9 Å². The van der Waals surface area contributed by atoms with Gasteiger partial charge in [0.2, 0.25) is 15.9 Å². The zero-order valence-corrected chi connectivity index (χ0v) is 12.9. The number of hydrogen-bond acceptors (Lipinski definition) is 6. The molecule has 0 atom stereocenters. The van der Waals surface area contributed by atoms with Crippen molar-refractivity contribution in [2.75, 3.05) is 46.7 Å². The van der Waals surface area contributed by atoms with E-state index in [4.69, 9.17) is 4.74 Å². The zero-order chi connectivity index (χ0) is 15.6. The highest BCUT2D eigenvalue weighted by molar-refractivity contribution is 7.89. The van der Waals surface area contributed by atoms with Crippen LogP contribution in [-0.2, 0) is 29.1 Å². The van der Waals surface area contributed by atoms with Gasteiger partial charge in [0.05, 0.1) is 26.0 Å². The molecule has 20 heavy (non-hydrogen) atoms. The maximum absolute atomic E-state index is 11.8. The number of nitrogens with one attached hydrogen (secondary N) is 1. The Bertz CT molecular complexity index is 409. The number of methoxy groups -OCH3 is 2. The highest BCUT2D eigenvalue weighted by atomic mass is 32.2. The highest BCUT2D eigenvalue weighted by Gasteiger charge is 2.20. The normalized spacial score (nSPS) is 11.4. The van der Waals surface area contributed by atoms with Crippen molar-refractivity contribution < 1.29 is 27.5 Å². The molecule has 0 rings (SSSR count). The number of nitrogens with zero attached hydrogens (tertiary/aromatic N) is 1. The van der Waals surface area contributed by atoms with E-state index in [2.05, 4.69) is 10.1 Å². The largest absolute Gasteiger partial charge is 0.469 e. The molecule has 0 bridgehead atoms. The standard InChI is InChI=1S/C11H22N2O6S/c1-13(9-10(14)12-6-7-18-2)20(16,17)8-4-5-11(15)19-3/h4-9H2,1-3H3,(H,12,14). The van der Waals surface area contributed by atoms with Crippen LogP contribution in [0.2, 0.25) is 0 Å². The monoisotopic (exact) mass is 310 g/mol. The first-order valence-electron chi connectivity index (χ1n) is 6.10. The van der Waals surface area contributed by atoms with E-state index in [0.717, 1.165) is 4.31 Å². The molecule has 0 aliphatic rings. The van der Waals surface area contributed by atoms with Gasteiger partial charge in [0.25, 0.3) is 0 Å². The van der Waals surface area contributed by atoms with Gasteiger partial charge >= 0.3 is 5.97 Å². The van der Waals surface area contributed by atoms with Crippen LogP contribution in [0.1, 0.15) is 12.8 Å². The summed E-state index contributed by atoms with van der Waals surface area (Å²) in [7, 11) is 0.514. The van der Waals surface area contributed by atoms with Crippen molar-refractivity contribution in [3.05, 3.63) is 0 Å². The second kappa shape index (κ2) is 9.67. The molecule has 0 heterocycles. The second-order valence-electron chi connectivity index (χ2n) is 4.09. The fourth-order valence-electron chi connectivity index (χ4n) is 1.31. The van der Waals surface area contributed by atoms with Crippen LogP contribution in [0.4, 0.5) is 0 Å². The molecule has 0 spiro atoms. The first-order valence-corrected chi connectivity index (χ1v) is 7.71. The first kappa shape index (κ1) is 18.8. The first-order chi connectivity index (χ1) is 9.33. The Morgan fingerprint density at radius 3 is 2.45 bits per heavy atom. The van der Waals surface area contributed by atoms with Crippen molar-refractivity contribution in [3.8, 4) is 0 Å². The van der Waals surface area contributed by atoms with E-state index in [1.54, 1.807) is 0 Å². The third kappa shape index (κ3) is 8.08. The summed E-state index contributed by atoms with van der Waals surface area (Å²) in [5.41, 5.74) is 0. The van der Waals surface area contributed by atoms with Gasteiger partial charge in [-0.05, 0) is 6.42 Å². The van der Waals surface area contributed by atoms with Gasteiger partial charge in [-0.2, -0.15) is 4.31 Å². The molecule has 1 N–H and O–H groups in total. The Hall–Kier alpha value is -1.19. The third-order valence-corrected chi connectivity index (χ3v) is 4.36. The Morgan fingerprint density at radius 1 is 1.25 bits per heavy atom. The van der Waals surface area contributed by atoms with Crippen LogP contribution in [-0.4, -0.2) is 71.3 Å². The molecule has 0 aromatic rings. The average Bonchev–Trinajstić information content (AvgIpc) is 2.38. The van der Waals surface area contributed by atoms with E-state index >= 15 is 0 Å². The highest BCUT2D eigenvalue weighted by Crippen LogP contribution is 2.03. The number of rotatable bonds is 10. The molecule has 0 aliphatic heterocycles. The van der Waals surface area contributed by atoms with Crippen LogP contribution in [0.3, 0.4) is 0 Å². The number of carbonyl (C=O) groups excluding carboxylic acids is 2. The van der Waals surface area contributed by atoms with Crippen LogP contribution in [0.25, 0.3) is 0 Å². The molecule has 0 saturated carbocycles. The molecular formula is C11H22N2O6S. The molecule has 0 radical (unpaired) electrons. The lowest BCUT2D eigenvalue weighted by Gasteiger charge is -2.16. The van der Waals surface area contributed by atoms with Crippen LogP contribution in [0, 0.1) is 0 Å². The fourth-order valence-corrected chi connectivity index (χ4v) is 2.44. The van der Waals surface area contributed by atoms with Crippen molar-refractivity contribution in [1.82, 2.24) is 9.62 Å². The van der Waals surface area contributed by atoms with Gasteiger partial charge in [-0.1, -0.05) is 0 Å². The Labute approximate surface area is 119 Å². The van der Waals surface area contributed by atoms with E-state index in [-0.39, 0.29) is 25.1 Å². The average molecular weight is 310 g/mol. The molecule has 118 valence electrons. The molecule has 1 amide bonds. The summed E-state index contributed by atoms with van der Waals surface area (Å²) in [5.74, 6) is -1.06.